The fourth-order valence-corrected chi connectivity index (χ4v) is 5.15. The van der Waals surface area contributed by atoms with Crippen LogP contribution in [0.2, 0.25) is 10.4 Å². The van der Waals surface area contributed by atoms with E-state index in [2.05, 4.69) is 0 Å². The van der Waals surface area contributed by atoms with Gasteiger partial charge in [-0.3, -0.25) is 0 Å². The summed E-state index contributed by atoms with van der Waals surface area (Å²) in [6, 6.07) is 0. The van der Waals surface area contributed by atoms with Gasteiger partial charge >= 0.3 is 88.6 Å². The molecule has 0 saturated heterocycles. The van der Waals surface area contributed by atoms with Gasteiger partial charge in [-0.15, -0.1) is 0 Å². The predicted molar refractivity (Wildman–Crippen MR) is 56.5 cm³/mol. The third-order valence-electron chi connectivity index (χ3n) is 1.96. The fourth-order valence-electron chi connectivity index (χ4n) is 1.04. The topological polar surface area (TPSA) is 68.3 Å². The maximum absolute atomic E-state index is 10.9. The first-order valence-electron chi connectivity index (χ1n) is 4.13. The van der Waals surface area contributed by atoms with Crippen molar-refractivity contribution in [3.05, 3.63) is 16.5 Å². The van der Waals surface area contributed by atoms with Crippen LogP contribution in [0.4, 0.5) is 0 Å². The normalized spacial score (nSPS) is 11.3. The molecule has 0 saturated carbocycles. The molecule has 0 aliphatic heterocycles. The molecule has 0 rings (SSSR count). The van der Waals surface area contributed by atoms with Gasteiger partial charge in [0, 0.05) is 20.4 Å². The van der Waals surface area contributed by atoms with Gasteiger partial charge in [-0.25, -0.2) is 0 Å². The van der Waals surface area contributed by atoms with E-state index >= 15 is 0 Å². The average molecular weight is 454 g/mol. The summed E-state index contributed by atoms with van der Waals surface area (Å²) in [6.07, 6.45) is 2.06. The van der Waals surface area contributed by atoms with E-state index in [0.29, 0.717) is 5.21 Å². The molecule has 6 heteroatoms. The van der Waals surface area contributed by atoms with Crippen molar-refractivity contribution in [1.82, 2.24) is 0 Å². The maximum atomic E-state index is 10.9. The molecule has 0 N–H and O–H groups in total. The number of hydrogen-bond donors (Lipinski definition) is 0. The second kappa shape index (κ2) is 9.38. The molecule has 0 spiro atoms. The van der Waals surface area contributed by atoms with E-state index in [1.165, 1.54) is 5.94 Å². The minimum Gasteiger partial charge on any atom is 0 e. The van der Waals surface area contributed by atoms with E-state index in [4.69, 9.17) is 0 Å². The Morgan fingerprint density at radius 3 is 2.12 bits per heavy atom. The molecule has 85 valence electrons. The first-order valence-corrected chi connectivity index (χ1v) is 8.66. The van der Waals surface area contributed by atoms with Gasteiger partial charge in [0.05, 0.1) is 0 Å². The largest absolute Gasteiger partial charge is 0 e. The minimum absolute atomic E-state index is 0. The molecule has 0 aliphatic carbocycles. The van der Waals surface area contributed by atoms with E-state index in [9.17, 15) is 19.2 Å². The molecular weight excluding hydrogens is 445 g/mol. The van der Waals surface area contributed by atoms with Gasteiger partial charge in [-0.2, -0.15) is 0 Å². The second-order valence-electron chi connectivity index (χ2n) is 2.63. The molecule has 1 radical (unpaired) electrons. The van der Waals surface area contributed by atoms with Gasteiger partial charge in [0.15, 0.2) is 0 Å². The molecule has 16 heavy (non-hydrogen) atoms. The van der Waals surface area contributed by atoms with Gasteiger partial charge in [-0.05, 0) is 0 Å². The maximum Gasteiger partial charge on any atom is 0 e. The Hall–Kier alpha value is -0.849. The van der Waals surface area contributed by atoms with Crippen LogP contribution in [0.15, 0.2) is 16.5 Å². The number of allylic oxidation sites excluding steroid dienone is 3. The van der Waals surface area contributed by atoms with Crippen molar-refractivity contribution in [2.75, 3.05) is 0 Å². The number of carbonyl (C=O) groups excluding carboxylic acids is 4. The monoisotopic (exact) mass is 455 g/mol. The Balaban J connectivity index is 0. The summed E-state index contributed by atoms with van der Waals surface area (Å²) < 4.78 is 1.86. The van der Waals surface area contributed by atoms with Gasteiger partial charge in [0.2, 0.25) is 0 Å². The standard InChI is InChI=1S/C10H9AsO4.Re/c1-2-11(9-15,5-3-6-12)10(8-14)4-7-13;/h3-4H,2,5H2,1H3;. The molecule has 0 aliphatic rings. The summed E-state index contributed by atoms with van der Waals surface area (Å²) in [4.78, 5) is 41.7. The quantitative estimate of drug-likeness (QED) is 0.338. The van der Waals surface area contributed by atoms with Crippen LogP contribution in [0.1, 0.15) is 6.92 Å². The molecule has 0 amide bonds. The van der Waals surface area contributed by atoms with E-state index in [-0.39, 0.29) is 30.0 Å². The summed E-state index contributed by atoms with van der Waals surface area (Å²) in [5.41, 5.74) is 0. The summed E-state index contributed by atoms with van der Waals surface area (Å²) in [5.74, 6) is 4.56. The van der Waals surface area contributed by atoms with Crippen LogP contribution in [0, 0.1) is 0 Å². The SMILES string of the molecule is CC[As](=C=O)(CC=C=O)C(=C=O)C=C=O.[Re]. The van der Waals surface area contributed by atoms with E-state index in [1.807, 2.05) is 4.67 Å². The zero-order valence-corrected chi connectivity index (χ0v) is 13.1. The van der Waals surface area contributed by atoms with Crippen LogP contribution >= 0.6 is 0 Å². The molecule has 0 bridgehead atoms. The number of hydrogen-bond acceptors (Lipinski definition) is 4. The zero-order valence-electron chi connectivity index (χ0n) is 8.53. The van der Waals surface area contributed by atoms with Gasteiger partial charge < -0.3 is 0 Å². The first-order chi connectivity index (χ1) is 7.20. The van der Waals surface area contributed by atoms with Crippen molar-refractivity contribution >= 4 is 35.6 Å². The Bertz CT molecular complexity index is 457. The van der Waals surface area contributed by atoms with E-state index in [1.54, 1.807) is 18.8 Å². The van der Waals surface area contributed by atoms with Crippen LogP contribution < -0.4 is 0 Å². The first kappa shape index (κ1) is 17.5. The average Bonchev–Trinajstić information content (AvgIpc) is 2.29. The Morgan fingerprint density at radius 1 is 1.19 bits per heavy atom. The molecule has 1 unspecified atom stereocenters. The van der Waals surface area contributed by atoms with Crippen LogP contribution in [0.25, 0.3) is 0 Å². The summed E-state index contributed by atoms with van der Waals surface area (Å²) in [6.45, 7) is 1.71. The van der Waals surface area contributed by atoms with Gasteiger partial charge in [0.25, 0.3) is 0 Å². The smallest absolute Gasteiger partial charge is 0 e. The van der Waals surface area contributed by atoms with Crippen molar-refractivity contribution in [2.24, 2.45) is 0 Å². The van der Waals surface area contributed by atoms with Crippen LogP contribution in [0.3, 0.4) is 0 Å². The third-order valence-corrected chi connectivity index (χ3v) is 9.05. The summed E-state index contributed by atoms with van der Waals surface area (Å²) in [5, 5.41) is 0.549. The fraction of sp³-hybridized carbons (Fsp3) is 0.300. The van der Waals surface area contributed by atoms with Gasteiger partial charge in [-0.1, -0.05) is 0 Å². The Kier molecular flexibility index (Phi) is 10.3. The van der Waals surface area contributed by atoms with Crippen molar-refractivity contribution in [3.8, 4) is 0 Å². The Morgan fingerprint density at radius 2 is 1.81 bits per heavy atom. The number of rotatable bonds is 5. The van der Waals surface area contributed by atoms with Crippen LogP contribution in [-0.4, -0.2) is 35.6 Å². The molecule has 1 atom stereocenters. The van der Waals surface area contributed by atoms with E-state index in [0.717, 1.165) is 12.2 Å². The summed E-state index contributed by atoms with van der Waals surface area (Å²) >= 11 is -3.24. The molecule has 4 nitrogen and oxygen atoms in total. The van der Waals surface area contributed by atoms with Crippen molar-refractivity contribution in [2.45, 2.75) is 17.3 Å². The minimum atomic E-state index is -3.24. The van der Waals surface area contributed by atoms with Crippen LogP contribution in [-0.2, 0) is 39.6 Å². The molecule has 0 aromatic heterocycles. The Labute approximate surface area is 109 Å². The van der Waals surface area contributed by atoms with Crippen molar-refractivity contribution < 1.29 is 39.6 Å². The zero-order chi connectivity index (χ0) is 11.7. The molecule has 0 fully saturated rings. The van der Waals surface area contributed by atoms with Crippen LogP contribution in [0.5, 0.6) is 0 Å². The molecule has 0 aromatic carbocycles. The predicted octanol–water partition coefficient (Wildman–Crippen LogP) is 0.174. The van der Waals surface area contributed by atoms with Gasteiger partial charge in [0.1, 0.15) is 0 Å². The summed E-state index contributed by atoms with van der Waals surface area (Å²) in [7, 11) is 0. The second-order valence-corrected chi connectivity index (χ2v) is 10.2. The van der Waals surface area contributed by atoms with E-state index < -0.39 is 13.1 Å². The van der Waals surface area contributed by atoms with Crippen molar-refractivity contribution in [3.63, 3.8) is 0 Å². The molecular formula is C10H9AsO4Re. The van der Waals surface area contributed by atoms with Crippen molar-refractivity contribution in [1.29, 1.82) is 0 Å². The molecule has 0 heterocycles. The molecule has 0 aromatic rings. The third kappa shape index (κ3) is 4.34.